The lowest BCUT2D eigenvalue weighted by molar-refractivity contribution is -0.121. The third-order valence-electron chi connectivity index (χ3n) is 2.25. The molecule has 0 spiro atoms. The minimum absolute atomic E-state index is 0.139. The van der Waals surface area contributed by atoms with Gasteiger partial charge in [-0.3, -0.25) is 4.79 Å². The summed E-state index contributed by atoms with van der Waals surface area (Å²) in [4.78, 5) is 11.3. The van der Waals surface area contributed by atoms with Crippen molar-refractivity contribution in [3.63, 3.8) is 0 Å². The average molecular weight is 214 g/mol. The van der Waals surface area contributed by atoms with Gasteiger partial charge in [0.15, 0.2) is 0 Å². The SMILES string of the molecule is CCCC(C)CNCCC(=O)NC(C)C. The molecule has 0 fully saturated rings. The quantitative estimate of drug-likeness (QED) is 0.606. The molecule has 1 unspecified atom stereocenters. The lowest BCUT2D eigenvalue weighted by Gasteiger charge is -2.12. The molecule has 0 rings (SSSR count). The predicted octanol–water partition coefficient (Wildman–Crippen LogP) is 1.93. The van der Waals surface area contributed by atoms with Crippen molar-refractivity contribution >= 4 is 5.91 Å². The first-order valence-electron chi connectivity index (χ1n) is 6.06. The summed E-state index contributed by atoms with van der Waals surface area (Å²) in [6.45, 7) is 10.2. The molecule has 2 N–H and O–H groups in total. The van der Waals surface area contributed by atoms with E-state index in [0.717, 1.165) is 13.1 Å². The van der Waals surface area contributed by atoms with Gasteiger partial charge in [0, 0.05) is 19.0 Å². The van der Waals surface area contributed by atoms with Crippen molar-refractivity contribution in [2.45, 2.75) is 53.0 Å². The molecule has 0 aliphatic carbocycles. The van der Waals surface area contributed by atoms with Gasteiger partial charge in [-0.05, 0) is 32.7 Å². The van der Waals surface area contributed by atoms with E-state index in [0.29, 0.717) is 12.3 Å². The van der Waals surface area contributed by atoms with Crippen molar-refractivity contribution in [2.75, 3.05) is 13.1 Å². The minimum atomic E-state index is 0.139. The number of hydrogen-bond acceptors (Lipinski definition) is 2. The zero-order valence-electron chi connectivity index (χ0n) is 10.6. The van der Waals surface area contributed by atoms with Gasteiger partial charge in [0.1, 0.15) is 0 Å². The molecule has 1 amide bonds. The number of nitrogens with one attached hydrogen (secondary N) is 2. The van der Waals surface area contributed by atoms with Gasteiger partial charge in [0.2, 0.25) is 5.91 Å². The molecule has 0 aromatic carbocycles. The molecule has 0 bridgehead atoms. The van der Waals surface area contributed by atoms with E-state index in [4.69, 9.17) is 0 Å². The molecular weight excluding hydrogens is 188 g/mol. The third-order valence-corrected chi connectivity index (χ3v) is 2.25. The molecule has 15 heavy (non-hydrogen) atoms. The van der Waals surface area contributed by atoms with Gasteiger partial charge in [-0.15, -0.1) is 0 Å². The number of carbonyl (C=O) groups is 1. The van der Waals surface area contributed by atoms with Crippen LogP contribution in [0.5, 0.6) is 0 Å². The molecule has 3 heteroatoms. The van der Waals surface area contributed by atoms with Gasteiger partial charge < -0.3 is 10.6 Å². The zero-order chi connectivity index (χ0) is 11.7. The molecule has 0 saturated heterocycles. The van der Waals surface area contributed by atoms with Crippen molar-refractivity contribution in [3.05, 3.63) is 0 Å². The molecule has 90 valence electrons. The fraction of sp³-hybridized carbons (Fsp3) is 0.917. The Kier molecular flexibility index (Phi) is 8.38. The van der Waals surface area contributed by atoms with E-state index in [1.807, 2.05) is 13.8 Å². The van der Waals surface area contributed by atoms with E-state index >= 15 is 0 Å². The number of amides is 1. The predicted molar refractivity (Wildman–Crippen MR) is 64.8 cm³/mol. The Bertz CT molecular complexity index is 169. The normalized spacial score (nSPS) is 12.9. The van der Waals surface area contributed by atoms with Gasteiger partial charge in [-0.1, -0.05) is 20.3 Å². The smallest absolute Gasteiger partial charge is 0.221 e. The van der Waals surface area contributed by atoms with Crippen molar-refractivity contribution in [2.24, 2.45) is 5.92 Å². The van der Waals surface area contributed by atoms with Gasteiger partial charge in [0.05, 0.1) is 0 Å². The first-order valence-corrected chi connectivity index (χ1v) is 6.06. The summed E-state index contributed by atoms with van der Waals surface area (Å²) >= 11 is 0. The van der Waals surface area contributed by atoms with Gasteiger partial charge in [0.25, 0.3) is 0 Å². The van der Waals surface area contributed by atoms with E-state index in [-0.39, 0.29) is 11.9 Å². The van der Waals surface area contributed by atoms with E-state index in [1.165, 1.54) is 12.8 Å². The van der Waals surface area contributed by atoms with Crippen LogP contribution in [0, 0.1) is 5.92 Å². The largest absolute Gasteiger partial charge is 0.354 e. The maximum absolute atomic E-state index is 11.3. The Morgan fingerprint density at radius 2 is 1.93 bits per heavy atom. The fourth-order valence-corrected chi connectivity index (χ4v) is 1.54. The Labute approximate surface area is 94.0 Å². The molecule has 0 radical (unpaired) electrons. The summed E-state index contributed by atoms with van der Waals surface area (Å²) < 4.78 is 0. The lowest BCUT2D eigenvalue weighted by Crippen LogP contribution is -2.33. The monoisotopic (exact) mass is 214 g/mol. The van der Waals surface area contributed by atoms with Gasteiger partial charge in [-0.2, -0.15) is 0 Å². The van der Waals surface area contributed by atoms with Crippen LogP contribution >= 0.6 is 0 Å². The van der Waals surface area contributed by atoms with Crippen LogP contribution < -0.4 is 10.6 Å². The number of carbonyl (C=O) groups excluding carboxylic acids is 1. The first kappa shape index (κ1) is 14.4. The van der Waals surface area contributed by atoms with Crippen LogP contribution in [-0.4, -0.2) is 25.0 Å². The maximum Gasteiger partial charge on any atom is 0.221 e. The molecule has 0 aromatic heterocycles. The van der Waals surface area contributed by atoms with E-state index in [1.54, 1.807) is 0 Å². The Balaban J connectivity index is 3.34. The molecule has 0 aliphatic heterocycles. The summed E-state index contributed by atoms with van der Waals surface area (Å²) in [6, 6.07) is 0.247. The highest BCUT2D eigenvalue weighted by molar-refractivity contribution is 5.76. The molecule has 0 saturated carbocycles. The molecule has 0 aromatic rings. The van der Waals surface area contributed by atoms with Crippen molar-refractivity contribution in [3.8, 4) is 0 Å². The summed E-state index contributed by atoms with van der Waals surface area (Å²) in [6.07, 6.45) is 3.07. The van der Waals surface area contributed by atoms with E-state index in [9.17, 15) is 4.79 Å². The molecule has 0 heterocycles. The lowest BCUT2D eigenvalue weighted by atomic mass is 10.1. The molecule has 3 nitrogen and oxygen atoms in total. The third kappa shape index (κ3) is 9.73. The standard InChI is InChI=1S/C12H26N2O/c1-5-6-11(4)9-13-8-7-12(15)14-10(2)3/h10-11,13H,5-9H2,1-4H3,(H,14,15). The van der Waals surface area contributed by atoms with Crippen molar-refractivity contribution in [1.82, 2.24) is 10.6 Å². The maximum atomic E-state index is 11.3. The highest BCUT2D eigenvalue weighted by atomic mass is 16.1. The Hall–Kier alpha value is -0.570. The molecular formula is C12H26N2O. The Morgan fingerprint density at radius 3 is 2.47 bits per heavy atom. The van der Waals surface area contributed by atoms with Crippen LogP contribution in [0.25, 0.3) is 0 Å². The van der Waals surface area contributed by atoms with Crippen LogP contribution in [0.1, 0.15) is 47.0 Å². The summed E-state index contributed by atoms with van der Waals surface area (Å²) in [7, 11) is 0. The highest BCUT2D eigenvalue weighted by Crippen LogP contribution is 2.02. The summed E-state index contributed by atoms with van der Waals surface area (Å²) in [5, 5.41) is 6.19. The topological polar surface area (TPSA) is 41.1 Å². The minimum Gasteiger partial charge on any atom is -0.354 e. The van der Waals surface area contributed by atoms with E-state index < -0.39 is 0 Å². The van der Waals surface area contributed by atoms with E-state index in [2.05, 4.69) is 24.5 Å². The Morgan fingerprint density at radius 1 is 1.27 bits per heavy atom. The first-order chi connectivity index (χ1) is 7.06. The second-order valence-electron chi connectivity index (χ2n) is 4.57. The zero-order valence-corrected chi connectivity index (χ0v) is 10.6. The van der Waals surface area contributed by atoms with Crippen molar-refractivity contribution in [1.29, 1.82) is 0 Å². The van der Waals surface area contributed by atoms with Crippen LogP contribution in [0.2, 0.25) is 0 Å². The van der Waals surface area contributed by atoms with Crippen LogP contribution in [0.15, 0.2) is 0 Å². The fourth-order valence-electron chi connectivity index (χ4n) is 1.54. The molecule has 1 atom stereocenters. The van der Waals surface area contributed by atoms with Gasteiger partial charge >= 0.3 is 0 Å². The van der Waals surface area contributed by atoms with Crippen molar-refractivity contribution < 1.29 is 4.79 Å². The highest BCUT2D eigenvalue weighted by Gasteiger charge is 2.03. The van der Waals surface area contributed by atoms with Crippen LogP contribution in [0.3, 0.4) is 0 Å². The molecule has 0 aliphatic rings. The summed E-state index contributed by atoms with van der Waals surface area (Å²) in [5.74, 6) is 0.851. The number of hydrogen-bond donors (Lipinski definition) is 2. The second-order valence-corrected chi connectivity index (χ2v) is 4.57. The summed E-state index contributed by atoms with van der Waals surface area (Å²) in [5.41, 5.74) is 0. The van der Waals surface area contributed by atoms with Gasteiger partial charge in [-0.25, -0.2) is 0 Å². The van der Waals surface area contributed by atoms with Crippen LogP contribution in [0.4, 0.5) is 0 Å². The van der Waals surface area contributed by atoms with Crippen LogP contribution in [-0.2, 0) is 4.79 Å². The number of rotatable bonds is 8. The average Bonchev–Trinajstić information content (AvgIpc) is 2.12. The second kappa shape index (κ2) is 8.72.